The second-order valence-electron chi connectivity index (χ2n) is 3.94. The van der Waals surface area contributed by atoms with Crippen molar-refractivity contribution < 1.29 is 13.6 Å². The van der Waals surface area contributed by atoms with Gasteiger partial charge in [-0.15, -0.1) is 0 Å². The van der Waals surface area contributed by atoms with Crippen LogP contribution in [0.5, 0.6) is 0 Å². The Morgan fingerprint density at radius 2 is 2.06 bits per heavy atom. The number of nitrogens with zero attached hydrogens (tertiary/aromatic N) is 1. The summed E-state index contributed by atoms with van der Waals surface area (Å²) in [4.78, 5) is 11.4. The lowest BCUT2D eigenvalue weighted by Crippen LogP contribution is -2.44. The van der Waals surface area contributed by atoms with Crippen molar-refractivity contribution in [3.05, 3.63) is 29.8 Å². The van der Waals surface area contributed by atoms with Crippen LogP contribution in [0.1, 0.15) is 13.8 Å². The molecule has 0 aliphatic rings. The number of benzene rings is 1. The highest BCUT2D eigenvalue weighted by Crippen LogP contribution is 2.14. The van der Waals surface area contributed by atoms with Gasteiger partial charge in [0.15, 0.2) is 0 Å². The van der Waals surface area contributed by atoms with Gasteiger partial charge in [-0.1, -0.05) is 0 Å². The molecule has 0 atom stereocenters. The molecule has 0 aliphatic carbocycles. The van der Waals surface area contributed by atoms with E-state index in [-0.39, 0.29) is 5.69 Å². The number of hydrogen-bond donors (Lipinski definition) is 2. The smallest absolute Gasteiger partial charge is 0.320 e. The summed E-state index contributed by atoms with van der Waals surface area (Å²) in [5.74, 6) is -1.61. The first-order valence-electron chi connectivity index (χ1n) is 4.79. The second-order valence-corrected chi connectivity index (χ2v) is 3.94. The van der Waals surface area contributed by atoms with Gasteiger partial charge >= 0.3 is 6.03 Å². The predicted molar refractivity (Wildman–Crippen MR) is 58.2 cm³/mol. The summed E-state index contributed by atoms with van der Waals surface area (Å²) >= 11 is 0. The molecule has 90 valence electrons. The number of carbonyl (C=O) groups is 1. The molecule has 0 radical (unpaired) electrons. The molecule has 0 unspecified atom stereocenters. The highest BCUT2D eigenvalue weighted by molar-refractivity contribution is 5.90. The Hall–Kier alpha value is -2.16. The van der Waals surface area contributed by atoms with E-state index in [0.717, 1.165) is 12.1 Å². The van der Waals surface area contributed by atoms with Gasteiger partial charge in [-0.05, 0) is 26.0 Å². The quantitative estimate of drug-likeness (QED) is 0.832. The molecule has 0 heterocycles. The Balaban J connectivity index is 2.73. The van der Waals surface area contributed by atoms with Gasteiger partial charge in [0.25, 0.3) is 0 Å². The van der Waals surface area contributed by atoms with E-state index < -0.39 is 23.2 Å². The Morgan fingerprint density at radius 1 is 1.41 bits per heavy atom. The van der Waals surface area contributed by atoms with Gasteiger partial charge in [0.05, 0.1) is 11.8 Å². The van der Waals surface area contributed by atoms with Crippen molar-refractivity contribution in [2.45, 2.75) is 19.4 Å². The fourth-order valence-corrected chi connectivity index (χ4v) is 1.06. The van der Waals surface area contributed by atoms with Gasteiger partial charge in [-0.2, -0.15) is 5.26 Å². The van der Waals surface area contributed by atoms with Crippen LogP contribution in [-0.4, -0.2) is 11.6 Å². The monoisotopic (exact) mass is 239 g/mol. The molecule has 6 heteroatoms. The van der Waals surface area contributed by atoms with Gasteiger partial charge < -0.3 is 10.6 Å². The van der Waals surface area contributed by atoms with Crippen LogP contribution in [0.3, 0.4) is 0 Å². The maximum absolute atomic E-state index is 13.2. The number of nitrogens with one attached hydrogen (secondary N) is 2. The lowest BCUT2D eigenvalue weighted by Gasteiger charge is -2.18. The van der Waals surface area contributed by atoms with Gasteiger partial charge in [0.1, 0.15) is 17.2 Å². The number of nitriles is 1. The van der Waals surface area contributed by atoms with Crippen LogP contribution in [-0.2, 0) is 0 Å². The molecule has 0 aliphatic heterocycles. The minimum atomic E-state index is -1.07. The van der Waals surface area contributed by atoms with Crippen molar-refractivity contribution in [1.29, 1.82) is 5.26 Å². The summed E-state index contributed by atoms with van der Waals surface area (Å²) < 4.78 is 25.8. The van der Waals surface area contributed by atoms with Crippen LogP contribution in [0.25, 0.3) is 0 Å². The normalized spacial score (nSPS) is 10.5. The highest BCUT2D eigenvalue weighted by Gasteiger charge is 2.19. The Labute approximate surface area is 97.2 Å². The molecule has 0 saturated heterocycles. The van der Waals surface area contributed by atoms with Crippen molar-refractivity contribution >= 4 is 11.7 Å². The number of carbonyl (C=O) groups excluding carboxylic acids is 1. The SMILES string of the molecule is CC(C)(C#N)NC(=O)Nc1ccc(F)cc1F. The molecular formula is C11H11F2N3O. The highest BCUT2D eigenvalue weighted by atomic mass is 19.1. The topological polar surface area (TPSA) is 64.9 Å². The van der Waals surface area contributed by atoms with Crippen LogP contribution in [0.15, 0.2) is 18.2 Å². The molecule has 2 N–H and O–H groups in total. The number of anilines is 1. The summed E-state index contributed by atoms with van der Waals surface area (Å²) in [6, 6.07) is 3.90. The van der Waals surface area contributed by atoms with Crippen LogP contribution in [0.2, 0.25) is 0 Å². The molecule has 0 bridgehead atoms. The molecular weight excluding hydrogens is 228 g/mol. The fourth-order valence-electron chi connectivity index (χ4n) is 1.06. The van der Waals surface area contributed by atoms with Crippen molar-refractivity contribution in [3.8, 4) is 6.07 Å². The molecule has 1 aromatic carbocycles. The molecule has 17 heavy (non-hydrogen) atoms. The lowest BCUT2D eigenvalue weighted by molar-refractivity contribution is 0.246. The molecule has 0 spiro atoms. The van der Waals surface area contributed by atoms with Crippen LogP contribution < -0.4 is 10.6 Å². The van der Waals surface area contributed by atoms with Gasteiger partial charge in [0.2, 0.25) is 0 Å². The standard InChI is InChI=1S/C11H11F2N3O/c1-11(2,6-14)16-10(17)15-9-4-3-7(12)5-8(9)13/h3-5H,1-2H3,(H2,15,16,17). The minimum Gasteiger partial charge on any atom is -0.320 e. The fraction of sp³-hybridized carbons (Fsp3) is 0.273. The number of hydrogen-bond acceptors (Lipinski definition) is 2. The van der Waals surface area contributed by atoms with E-state index in [1.165, 1.54) is 13.8 Å². The number of urea groups is 1. The van der Waals surface area contributed by atoms with Gasteiger partial charge in [0, 0.05) is 6.07 Å². The van der Waals surface area contributed by atoms with Crippen molar-refractivity contribution in [3.63, 3.8) is 0 Å². The summed E-state index contributed by atoms with van der Waals surface area (Å²) in [6.07, 6.45) is 0. The average molecular weight is 239 g/mol. The average Bonchev–Trinajstić information content (AvgIpc) is 2.21. The summed E-state index contributed by atoms with van der Waals surface area (Å²) in [5, 5.41) is 13.2. The minimum absolute atomic E-state index is 0.155. The van der Waals surface area contributed by atoms with E-state index in [1.54, 1.807) is 0 Å². The van der Waals surface area contributed by atoms with Gasteiger partial charge in [-0.25, -0.2) is 13.6 Å². The summed E-state index contributed by atoms with van der Waals surface area (Å²) in [7, 11) is 0. The first-order valence-corrected chi connectivity index (χ1v) is 4.79. The van der Waals surface area contributed by atoms with Crippen LogP contribution in [0.4, 0.5) is 19.3 Å². The Kier molecular flexibility index (Phi) is 3.63. The van der Waals surface area contributed by atoms with E-state index in [9.17, 15) is 13.6 Å². The van der Waals surface area contributed by atoms with E-state index in [4.69, 9.17) is 5.26 Å². The molecule has 0 saturated carbocycles. The molecule has 1 rings (SSSR count). The third-order valence-electron chi connectivity index (χ3n) is 1.88. The molecule has 0 aromatic heterocycles. The van der Waals surface area contributed by atoms with E-state index in [0.29, 0.717) is 6.07 Å². The molecule has 1 aromatic rings. The molecule has 0 fully saturated rings. The number of halogens is 2. The summed E-state index contributed by atoms with van der Waals surface area (Å²) in [6.45, 7) is 2.99. The number of rotatable bonds is 2. The zero-order valence-electron chi connectivity index (χ0n) is 9.34. The number of amides is 2. The maximum Gasteiger partial charge on any atom is 0.320 e. The van der Waals surface area contributed by atoms with Crippen LogP contribution in [0, 0.1) is 23.0 Å². The first kappa shape index (κ1) is 12.9. The summed E-state index contributed by atoms with van der Waals surface area (Å²) in [5.41, 5.74) is -1.22. The lowest BCUT2D eigenvalue weighted by atomic mass is 10.1. The Bertz CT molecular complexity index is 480. The molecule has 2 amide bonds. The first-order chi connectivity index (χ1) is 7.84. The predicted octanol–water partition coefficient (Wildman–Crippen LogP) is 2.39. The molecule has 4 nitrogen and oxygen atoms in total. The Morgan fingerprint density at radius 3 is 2.59 bits per heavy atom. The van der Waals surface area contributed by atoms with E-state index in [2.05, 4.69) is 10.6 Å². The third kappa shape index (κ3) is 3.72. The van der Waals surface area contributed by atoms with Crippen molar-refractivity contribution in [1.82, 2.24) is 5.32 Å². The van der Waals surface area contributed by atoms with Crippen molar-refractivity contribution in [2.24, 2.45) is 0 Å². The zero-order valence-corrected chi connectivity index (χ0v) is 9.34. The maximum atomic E-state index is 13.2. The van der Waals surface area contributed by atoms with Crippen molar-refractivity contribution in [2.75, 3.05) is 5.32 Å². The van der Waals surface area contributed by atoms with Crippen LogP contribution >= 0.6 is 0 Å². The zero-order chi connectivity index (χ0) is 13.1. The van der Waals surface area contributed by atoms with E-state index >= 15 is 0 Å². The van der Waals surface area contributed by atoms with E-state index in [1.807, 2.05) is 6.07 Å². The van der Waals surface area contributed by atoms with Gasteiger partial charge in [-0.3, -0.25) is 0 Å². The third-order valence-corrected chi connectivity index (χ3v) is 1.88. The largest absolute Gasteiger partial charge is 0.320 e. The second kappa shape index (κ2) is 4.78.